The zero-order valence-corrected chi connectivity index (χ0v) is 17.7. The number of halogens is 2. The Morgan fingerprint density at radius 1 is 1.15 bits per heavy atom. The maximum Gasteiger partial charge on any atom is 0.241 e. The third kappa shape index (κ3) is 6.07. The molecule has 0 bridgehead atoms. The molecule has 2 amide bonds. The Labute approximate surface area is 171 Å². The van der Waals surface area contributed by atoms with Crippen molar-refractivity contribution in [3.8, 4) is 0 Å². The summed E-state index contributed by atoms with van der Waals surface area (Å²) in [6, 6.07) is 4.70. The molecule has 0 aromatic heterocycles. The second kappa shape index (κ2) is 10.3. The first kappa shape index (κ1) is 22.0. The number of hydrogen-bond acceptors (Lipinski definition) is 4. The number of hydrogen-bond donors (Lipinski definition) is 1. The van der Waals surface area contributed by atoms with Gasteiger partial charge in [0.2, 0.25) is 11.8 Å². The normalized spacial score (nSPS) is 16.8. The smallest absolute Gasteiger partial charge is 0.241 e. The van der Waals surface area contributed by atoms with Crippen molar-refractivity contribution in [3.63, 3.8) is 0 Å². The van der Waals surface area contributed by atoms with Crippen molar-refractivity contribution in [1.82, 2.24) is 14.7 Å². The van der Waals surface area contributed by atoms with Crippen molar-refractivity contribution in [3.05, 3.63) is 28.2 Å². The molecule has 150 valence electrons. The summed E-state index contributed by atoms with van der Waals surface area (Å²) in [7, 11) is 0. The standard InChI is InChI=1S/C19H28Cl2N4O2/c1-4-24(5-2)18(26)13-23-8-10-25(11-9-23)14(3)19(27)22-17-12-15(20)6-7-16(17)21/h6-7,12,14H,4-5,8-11,13H2,1-3H3,(H,22,27). The van der Waals surface area contributed by atoms with Gasteiger partial charge in [-0.25, -0.2) is 0 Å². The summed E-state index contributed by atoms with van der Waals surface area (Å²) in [6.45, 7) is 10.8. The molecule has 1 heterocycles. The van der Waals surface area contributed by atoms with Gasteiger partial charge in [-0.3, -0.25) is 19.4 Å². The molecule has 1 saturated heterocycles. The van der Waals surface area contributed by atoms with E-state index < -0.39 is 0 Å². The van der Waals surface area contributed by atoms with Crippen LogP contribution in [-0.2, 0) is 9.59 Å². The maximum atomic E-state index is 12.6. The SMILES string of the molecule is CCN(CC)C(=O)CN1CCN(C(C)C(=O)Nc2cc(Cl)ccc2Cl)CC1. The molecule has 1 N–H and O–H groups in total. The lowest BCUT2D eigenvalue weighted by molar-refractivity contribution is -0.133. The molecule has 0 aliphatic carbocycles. The van der Waals surface area contributed by atoms with Crippen LogP contribution in [0.2, 0.25) is 10.0 Å². The van der Waals surface area contributed by atoms with Gasteiger partial charge in [-0.1, -0.05) is 23.2 Å². The fraction of sp³-hybridized carbons (Fsp3) is 0.579. The predicted molar refractivity (Wildman–Crippen MR) is 110 cm³/mol. The molecule has 0 spiro atoms. The second-order valence-electron chi connectivity index (χ2n) is 6.67. The highest BCUT2D eigenvalue weighted by atomic mass is 35.5. The average molecular weight is 415 g/mol. The number of piperazine rings is 1. The lowest BCUT2D eigenvalue weighted by atomic mass is 10.2. The van der Waals surface area contributed by atoms with E-state index in [2.05, 4.69) is 15.1 Å². The van der Waals surface area contributed by atoms with Crippen molar-refractivity contribution in [2.24, 2.45) is 0 Å². The van der Waals surface area contributed by atoms with Gasteiger partial charge in [0.15, 0.2) is 0 Å². The first-order valence-corrected chi connectivity index (χ1v) is 10.1. The van der Waals surface area contributed by atoms with Crippen LogP contribution in [0.1, 0.15) is 20.8 Å². The zero-order valence-electron chi connectivity index (χ0n) is 16.2. The van der Waals surface area contributed by atoms with Crippen molar-refractivity contribution in [1.29, 1.82) is 0 Å². The van der Waals surface area contributed by atoms with Gasteiger partial charge in [0.1, 0.15) is 0 Å². The number of likely N-dealkylation sites (N-methyl/N-ethyl adjacent to an activating group) is 1. The fourth-order valence-electron chi connectivity index (χ4n) is 3.17. The highest BCUT2D eigenvalue weighted by molar-refractivity contribution is 6.35. The molecule has 1 unspecified atom stereocenters. The average Bonchev–Trinajstić information content (AvgIpc) is 2.65. The Bertz CT molecular complexity index is 659. The molecule has 1 aliphatic heterocycles. The molecule has 1 aliphatic rings. The number of nitrogens with one attached hydrogen (secondary N) is 1. The third-order valence-electron chi connectivity index (χ3n) is 5.00. The van der Waals surface area contributed by atoms with Crippen LogP contribution in [0.25, 0.3) is 0 Å². The predicted octanol–water partition coefficient (Wildman–Crippen LogP) is 2.81. The summed E-state index contributed by atoms with van der Waals surface area (Å²) >= 11 is 12.1. The molecule has 0 radical (unpaired) electrons. The minimum Gasteiger partial charge on any atom is -0.342 e. The Kier molecular flexibility index (Phi) is 8.35. The van der Waals surface area contributed by atoms with Crippen LogP contribution in [0.3, 0.4) is 0 Å². The summed E-state index contributed by atoms with van der Waals surface area (Å²) in [5.74, 6) is 0.0432. The molecule has 1 aromatic rings. The lowest BCUT2D eigenvalue weighted by Gasteiger charge is -2.37. The highest BCUT2D eigenvalue weighted by Crippen LogP contribution is 2.25. The van der Waals surface area contributed by atoms with Crippen LogP contribution in [-0.4, -0.2) is 78.4 Å². The third-order valence-corrected chi connectivity index (χ3v) is 5.56. The molecule has 27 heavy (non-hydrogen) atoms. The Morgan fingerprint density at radius 3 is 2.37 bits per heavy atom. The van der Waals surface area contributed by atoms with Crippen LogP contribution in [0, 0.1) is 0 Å². The van der Waals surface area contributed by atoms with Gasteiger partial charge < -0.3 is 10.2 Å². The van der Waals surface area contributed by atoms with Gasteiger partial charge in [-0.15, -0.1) is 0 Å². The highest BCUT2D eigenvalue weighted by Gasteiger charge is 2.27. The van der Waals surface area contributed by atoms with Gasteiger partial charge in [0, 0.05) is 44.3 Å². The number of amides is 2. The maximum absolute atomic E-state index is 12.6. The number of anilines is 1. The summed E-state index contributed by atoms with van der Waals surface area (Å²) in [6.07, 6.45) is 0. The molecular formula is C19H28Cl2N4O2. The van der Waals surface area contributed by atoms with E-state index in [1.165, 1.54) is 0 Å². The van der Waals surface area contributed by atoms with Gasteiger partial charge >= 0.3 is 0 Å². The van der Waals surface area contributed by atoms with Crippen molar-refractivity contribution < 1.29 is 9.59 Å². The van der Waals surface area contributed by atoms with E-state index in [1.54, 1.807) is 18.2 Å². The number of carbonyl (C=O) groups is 2. The molecule has 0 saturated carbocycles. The molecule has 2 rings (SSSR count). The van der Waals surface area contributed by atoms with E-state index in [9.17, 15) is 9.59 Å². The summed E-state index contributed by atoms with van der Waals surface area (Å²) < 4.78 is 0. The fourth-order valence-corrected chi connectivity index (χ4v) is 3.51. The van der Waals surface area contributed by atoms with E-state index in [0.717, 1.165) is 39.3 Å². The van der Waals surface area contributed by atoms with E-state index in [1.807, 2.05) is 25.7 Å². The van der Waals surface area contributed by atoms with E-state index >= 15 is 0 Å². The largest absolute Gasteiger partial charge is 0.342 e. The van der Waals surface area contributed by atoms with Crippen LogP contribution in [0.5, 0.6) is 0 Å². The van der Waals surface area contributed by atoms with Crippen LogP contribution in [0.15, 0.2) is 18.2 Å². The second-order valence-corrected chi connectivity index (χ2v) is 7.51. The first-order chi connectivity index (χ1) is 12.8. The lowest BCUT2D eigenvalue weighted by Crippen LogP contribution is -2.54. The van der Waals surface area contributed by atoms with Crippen molar-refractivity contribution in [2.45, 2.75) is 26.8 Å². The quantitative estimate of drug-likeness (QED) is 0.744. The number of rotatable bonds is 7. The summed E-state index contributed by atoms with van der Waals surface area (Å²) in [5, 5.41) is 3.83. The Morgan fingerprint density at radius 2 is 1.78 bits per heavy atom. The summed E-state index contributed by atoms with van der Waals surface area (Å²) in [4.78, 5) is 30.9. The monoisotopic (exact) mass is 414 g/mol. The van der Waals surface area contributed by atoms with Crippen LogP contribution in [0.4, 0.5) is 5.69 Å². The Hall–Kier alpha value is -1.34. The topological polar surface area (TPSA) is 55.9 Å². The Balaban J connectivity index is 1.85. The molecule has 1 atom stereocenters. The minimum atomic E-state index is -0.291. The van der Waals surface area contributed by atoms with E-state index in [4.69, 9.17) is 23.2 Å². The van der Waals surface area contributed by atoms with Crippen LogP contribution < -0.4 is 5.32 Å². The van der Waals surface area contributed by atoms with E-state index in [0.29, 0.717) is 22.3 Å². The van der Waals surface area contributed by atoms with Crippen LogP contribution >= 0.6 is 23.2 Å². The molecule has 1 aromatic carbocycles. The summed E-state index contributed by atoms with van der Waals surface area (Å²) in [5.41, 5.74) is 0.518. The number of benzene rings is 1. The molecular weight excluding hydrogens is 387 g/mol. The molecule has 1 fully saturated rings. The number of nitrogens with zero attached hydrogens (tertiary/aromatic N) is 3. The minimum absolute atomic E-state index is 0.119. The van der Waals surface area contributed by atoms with E-state index in [-0.39, 0.29) is 17.9 Å². The van der Waals surface area contributed by atoms with Gasteiger partial charge in [-0.2, -0.15) is 0 Å². The number of carbonyl (C=O) groups excluding carboxylic acids is 2. The molecule has 6 nitrogen and oxygen atoms in total. The van der Waals surface area contributed by atoms with Gasteiger partial charge in [-0.05, 0) is 39.0 Å². The first-order valence-electron chi connectivity index (χ1n) is 9.35. The van der Waals surface area contributed by atoms with Gasteiger partial charge in [0.25, 0.3) is 0 Å². The van der Waals surface area contributed by atoms with Crippen molar-refractivity contribution >= 4 is 40.7 Å². The zero-order chi connectivity index (χ0) is 20.0. The molecule has 8 heteroatoms. The van der Waals surface area contributed by atoms with Gasteiger partial charge in [0.05, 0.1) is 23.3 Å². The van der Waals surface area contributed by atoms with Crippen molar-refractivity contribution in [2.75, 3.05) is 51.1 Å².